The molecular weight excluding hydrogens is 1100 g/mol. The predicted molar refractivity (Wildman–Crippen MR) is 199 cm³/mol. The van der Waals surface area contributed by atoms with Crippen LogP contribution in [0.3, 0.4) is 0 Å². The van der Waals surface area contributed by atoms with Crippen molar-refractivity contribution >= 4 is 99.9 Å². The van der Waals surface area contributed by atoms with Crippen LogP contribution >= 0.6 is 99.9 Å². The molecule has 0 heterocycles. The summed E-state index contributed by atoms with van der Waals surface area (Å²) in [5, 5.41) is 0. The van der Waals surface area contributed by atoms with E-state index >= 15 is 0 Å². The molecule has 0 aromatic rings. The van der Waals surface area contributed by atoms with Gasteiger partial charge in [-0.15, -0.1) is 0 Å². The Morgan fingerprint density at radius 1 is 0.622 bits per heavy atom. The van der Waals surface area contributed by atoms with Gasteiger partial charge in [-0.05, 0) is 108 Å². The predicted octanol–water partition coefficient (Wildman–Crippen LogP) is 13.1. The van der Waals surface area contributed by atoms with E-state index in [0.29, 0.717) is 36.5 Å². The molecule has 6 aliphatic rings. The molecule has 6 rings (SSSR count). The van der Waals surface area contributed by atoms with Crippen molar-refractivity contribution in [3.63, 3.8) is 0 Å². The Morgan fingerprint density at radius 3 is 1.51 bits per heavy atom. The molecule has 0 N–H and O–H groups in total. The molecular formula is C30H48I5V2. The number of rotatable bonds is 0. The quantitative estimate of drug-likeness (QED) is 0.168. The molecule has 213 valence electrons. The Kier molecular flexibility index (Phi) is 13.3. The van der Waals surface area contributed by atoms with Crippen LogP contribution in [0.4, 0.5) is 0 Å². The Bertz CT molecular complexity index is 824. The van der Waals surface area contributed by atoms with Gasteiger partial charge in [0, 0.05) is 0 Å². The average molecular weight is 1150 g/mol. The Labute approximate surface area is 296 Å². The standard InChI is InChI=1S/C18H28.C12H20.5HI.2V/c1-16(2)11-17(3,4)15-8-14(16)10-18(15)9-12-5-6-13(18)7-12;1-11(2)8-12(3,4)10-6-5-9(11)7-10;;;;;;;/h5-6,12-15H,7-11H2,1-4H3;5-6,9-10H,7-8H2,1-4H3;5*1H;;/q;;;;;;;+2;+3/p-5. The molecule has 37 heavy (non-hydrogen) atoms. The minimum absolute atomic E-state index is 0.278. The molecule has 6 aliphatic carbocycles. The molecule has 0 aromatic heterocycles. The molecule has 0 amide bonds. The third-order valence-electron chi connectivity index (χ3n) is 11.4. The molecule has 0 saturated heterocycles. The maximum absolute atomic E-state index is 2.60. The van der Waals surface area contributed by atoms with Gasteiger partial charge in [0.2, 0.25) is 0 Å². The van der Waals surface area contributed by atoms with Crippen molar-refractivity contribution in [1.29, 1.82) is 0 Å². The summed E-state index contributed by atoms with van der Waals surface area (Å²) in [6.45, 7) is 19.9. The Morgan fingerprint density at radius 2 is 1.08 bits per heavy atom. The van der Waals surface area contributed by atoms with Gasteiger partial charge in [-0.3, -0.25) is 0 Å². The summed E-state index contributed by atoms with van der Waals surface area (Å²) in [7, 11) is 0.628. The van der Waals surface area contributed by atoms with Crippen molar-refractivity contribution in [2.24, 2.45) is 62.6 Å². The summed E-state index contributed by atoms with van der Waals surface area (Å²) in [5.74, 6) is 5.59. The van der Waals surface area contributed by atoms with Gasteiger partial charge in [0.25, 0.3) is 0 Å². The van der Waals surface area contributed by atoms with Gasteiger partial charge in [0.05, 0.1) is 0 Å². The molecule has 4 saturated carbocycles. The van der Waals surface area contributed by atoms with E-state index < -0.39 is 0 Å². The van der Waals surface area contributed by atoms with Crippen LogP contribution in [0.5, 0.6) is 0 Å². The number of allylic oxidation sites excluding steroid dienone is 4. The molecule has 0 aromatic carbocycles. The Hall–Kier alpha value is 4.30. The van der Waals surface area contributed by atoms with Gasteiger partial charge < -0.3 is 0 Å². The fourth-order valence-electron chi connectivity index (χ4n) is 10.3. The van der Waals surface area contributed by atoms with Gasteiger partial charge >= 0.3 is 114 Å². The Balaban J connectivity index is 0.000000173. The summed E-state index contributed by atoms with van der Waals surface area (Å²) in [6, 6.07) is 0. The van der Waals surface area contributed by atoms with Crippen LogP contribution < -0.4 is 0 Å². The second kappa shape index (κ2) is 13.7. The van der Waals surface area contributed by atoms with Crippen molar-refractivity contribution < 1.29 is 14.4 Å². The molecule has 7 unspecified atom stereocenters. The van der Waals surface area contributed by atoms with Gasteiger partial charge in [0.15, 0.2) is 0 Å². The van der Waals surface area contributed by atoms with Crippen molar-refractivity contribution in [3.05, 3.63) is 24.3 Å². The minimum atomic E-state index is -0.278. The number of fused-ring (bicyclic) bond motifs is 8. The van der Waals surface area contributed by atoms with Crippen molar-refractivity contribution in [2.75, 3.05) is 0 Å². The molecule has 7 heteroatoms. The normalized spacial score (nSPS) is 41.4. The zero-order valence-electron chi connectivity index (χ0n) is 24.0. The van der Waals surface area contributed by atoms with E-state index in [1.807, 2.05) is 0 Å². The summed E-state index contributed by atoms with van der Waals surface area (Å²) >= 11 is 12.1. The fourth-order valence-corrected chi connectivity index (χ4v) is 10.3. The molecule has 7 atom stereocenters. The van der Waals surface area contributed by atoms with Crippen LogP contribution in [-0.4, -0.2) is 0 Å². The summed E-state index contributed by atoms with van der Waals surface area (Å²) in [4.78, 5) is -0.278. The second-order valence-electron chi connectivity index (χ2n) is 15.5. The third-order valence-corrected chi connectivity index (χ3v) is 11.4. The van der Waals surface area contributed by atoms with Crippen LogP contribution in [0.2, 0.25) is 0 Å². The van der Waals surface area contributed by atoms with Crippen molar-refractivity contribution in [1.82, 2.24) is 0 Å². The summed E-state index contributed by atoms with van der Waals surface area (Å²) in [5.41, 5.74) is 2.92. The molecule has 0 aliphatic heterocycles. The molecule has 6 bridgehead atoms. The van der Waals surface area contributed by atoms with Gasteiger partial charge in [-0.1, -0.05) is 79.7 Å². The monoisotopic (exact) mass is 1140 g/mol. The zero-order valence-corrected chi connectivity index (χ0v) is 37.6. The van der Waals surface area contributed by atoms with E-state index in [1.165, 1.54) is 38.5 Å². The van der Waals surface area contributed by atoms with Crippen LogP contribution in [0.1, 0.15) is 100 Å². The van der Waals surface area contributed by atoms with Crippen LogP contribution in [0.25, 0.3) is 0 Å². The first-order chi connectivity index (χ1) is 16.9. The van der Waals surface area contributed by atoms with E-state index in [4.69, 9.17) is 0 Å². The fraction of sp³-hybridized carbons (Fsp3) is 0.867. The maximum atomic E-state index is 2.60. The number of hydrogen-bond acceptors (Lipinski definition) is 0. The van der Waals surface area contributed by atoms with E-state index in [2.05, 4.69) is 180 Å². The van der Waals surface area contributed by atoms with Crippen LogP contribution in [0.15, 0.2) is 24.3 Å². The number of hydrogen-bond donors (Lipinski definition) is 0. The van der Waals surface area contributed by atoms with Crippen molar-refractivity contribution in [3.8, 4) is 0 Å². The molecule has 0 radical (unpaired) electrons. The topological polar surface area (TPSA) is 0 Å². The van der Waals surface area contributed by atoms with E-state index in [9.17, 15) is 0 Å². The van der Waals surface area contributed by atoms with Crippen molar-refractivity contribution in [2.45, 2.75) is 100 Å². The first-order valence-corrected chi connectivity index (χ1v) is 36.5. The van der Waals surface area contributed by atoms with E-state index in [0.717, 1.165) is 35.5 Å². The summed E-state index contributed by atoms with van der Waals surface area (Å²) < 4.78 is 0. The van der Waals surface area contributed by atoms with Gasteiger partial charge in [-0.2, -0.15) is 0 Å². The molecule has 4 fully saturated rings. The van der Waals surface area contributed by atoms with Gasteiger partial charge in [0.1, 0.15) is 0 Å². The average Bonchev–Trinajstić information content (AvgIpc) is 3.49. The third kappa shape index (κ3) is 8.32. The summed E-state index contributed by atoms with van der Waals surface area (Å²) in [6.07, 6.45) is 20.3. The first-order valence-electron chi connectivity index (χ1n) is 14.0. The second-order valence-corrected chi connectivity index (χ2v) is 62.7. The van der Waals surface area contributed by atoms with Crippen LogP contribution in [0, 0.1) is 62.6 Å². The first kappa shape index (κ1) is 35.8. The zero-order chi connectivity index (χ0) is 28.0. The molecule has 0 nitrogen and oxygen atoms in total. The number of halogens is 5. The van der Waals surface area contributed by atoms with Gasteiger partial charge in [-0.25, -0.2) is 0 Å². The van der Waals surface area contributed by atoms with E-state index in [1.54, 1.807) is 6.42 Å². The molecule has 1 spiro atoms. The van der Waals surface area contributed by atoms with E-state index in [-0.39, 0.29) is 4.92 Å². The van der Waals surface area contributed by atoms with Crippen LogP contribution in [-0.2, 0) is 14.4 Å². The SMILES string of the molecule is CC1(C)CC(C)(C)C2C=CC1C2.CC1(C)CC(C)(C)C2CC1CC21CC2C=CC1C2.[I][V]([I])[I].[I][V][I].